The van der Waals surface area contributed by atoms with Crippen molar-refractivity contribution in [1.82, 2.24) is 0 Å². The lowest BCUT2D eigenvalue weighted by Gasteiger charge is -1.74. The van der Waals surface area contributed by atoms with Crippen LogP contribution in [-0.4, -0.2) is 14.2 Å². The molecule has 0 nitrogen and oxygen atoms in total. The molecular formula is C2H6BrClSi. The summed E-state index contributed by atoms with van der Waals surface area (Å²) in [6, 6.07) is 1.21. The zero-order chi connectivity index (χ0) is 4.12. The molecule has 32 valence electrons. The van der Waals surface area contributed by atoms with Crippen LogP contribution in [0.5, 0.6) is 0 Å². The fourth-order valence-electron chi connectivity index (χ4n) is 0.0505. The highest BCUT2D eigenvalue weighted by Gasteiger charge is 1.73. The molecule has 0 N–H and O–H groups in total. The van der Waals surface area contributed by atoms with Gasteiger partial charge in [-0.1, -0.05) is 15.9 Å². The highest BCUT2D eigenvalue weighted by molar-refractivity contribution is 9.09. The fraction of sp³-hybridized carbons (Fsp3) is 1.00. The Hall–Kier alpha value is 0.987. The fourth-order valence-corrected chi connectivity index (χ4v) is 2.36. The van der Waals surface area contributed by atoms with Crippen LogP contribution in [0.2, 0.25) is 6.04 Å². The second-order valence-electron chi connectivity index (χ2n) is 0.732. The first-order chi connectivity index (χ1) is 2.41. The summed E-state index contributed by atoms with van der Waals surface area (Å²) in [5.41, 5.74) is 0. The number of rotatable bonds is 2. The van der Waals surface area contributed by atoms with Gasteiger partial charge in [-0.05, 0) is 6.04 Å². The van der Waals surface area contributed by atoms with Gasteiger partial charge in [-0.2, -0.15) is 11.1 Å². The maximum absolute atomic E-state index is 5.41. The van der Waals surface area contributed by atoms with Crippen LogP contribution in [0, 0.1) is 0 Å². The predicted molar refractivity (Wildman–Crippen MR) is 33.0 cm³/mol. The summed E-state index contributed by atoms with van der Waals surface area (Å²) in [6.45, 7) is 0. The van der Waals surface area contributed by atoms with Gasteiger partial charge in [0, 0.05) is 5.33 Å². The minimum Gasteiger partial charge on any atom is -0.176 e. The SMILES string of the molecule is Cl[SiH2]CCBr. The second kappa shape index (κ2) is 4.99. The Balaban J connectivity index is 2.19. The molecule has 0 spiro atoms. The summed E-state index contributed by atoms with van der Waals surface area (Å²) < 4.78 is 0. The van der Waals surface area contributed by atoms with Crippen LogP contribution in [-0.2, 0) is 0 Å². The standard InChI is InChI=1S/C2H6BrClSi/c3-1-2-5-4/h1-2,5H2. The Bertz CT molecular complexity index is 17.1. The molecule has 0 bridgehead atoms. The molecule has 0 rings (SSSR count). The summed E-state index contributed by atoms with van der Waals surface area (Å²) in [7, 11) is -0.161. The van der Waals surface area contributed by atoms with Crippen molar-refractivity contribution in [2.75, 3.05) is 5.33 Å². The average Bonchev–Trinajstić information content (AvgIpc) is 1.41. The summed E-state index contributed by atoms with van der Waals surface area (Å²) in [6.07, 6.45) is 0. The molecule has 0 aliphatic rings. The van der Waals surface area contributed by atoms with E-state index in [9.17, 15) is 0 Å². The number of hydrogen-bond acceptors (Lipinski definition) is 0. The lowest BCUT2D eigenvalue weighted by molar-refractivity contribution is 1.53. The van der Waals surface area contributed by atoms with Crippen molar-refractivity contribution in [3.05, 3.63) is 0 Å². The van der Waals surface area contributed by atoms with Crippen LogP contribution >= 0.6 is 27.0 Å². The molecule has 5 heavy (non-hydrogen) atoms. The largest absolute Gasteiger partial charge is 0.176 e. The lowest BCUT2D eigenvalue weighted by Crippen LogP contribution is -1.73. The highest BCUT2D eigenvalue weighted by atomic mass is 79.9. The molecular weight excluding hydrogens is 167 g/mol. The topological polar surface area (TPSA) is 0 Å². The normalized spacial score (nSPS) is 10.8. The first kappa shape index (κ1) is 5.99. The Morgan fingerprint density at radius 1 is 1.80 bits per heavy atom. The van der Waals surface area contributed by atoms with Crippen LogP contribution < -0.4 is 0 Å². The van der Waals surface area contributed by atoms with Crippen molar-refractivity contribution >= 4 is 35.8 Å². The molecule has 0 saturated carbocycles. The first-order valence-electron chi connectivity index (χ1n) is 1.53. The van der Waals surface area contributed by atoms with Crippen molar-refractivity contribution in [1.29, 1.82) is 0 Å². The molecule has 0 amide bonds. The van der Waals surface area contributed by atoms with Crippen molar-refractivity contribution < 1.29 is 0 Å². The van der Waals surface area contributed by atoms with Gasteiger partial charge in [0.25, 0.3) is 0 Å². The Morgan fingerprint density at radius 2 is 2.40 bits per heavy atom. The Morgan fingerprint density at radius 3 is 2.40 bits per heavy atom. The average molecular weight is 174 g/mol. The van der Waals surface area contributed by atoms with E-state index in [0.29, 0.717) is 0 Å². The third kappa shape index (κ3) is 4.99. The van der Waals surface area contributed by atoms with E-state index in [4.69, 9.17) is 11.1 Å². The van der Waals surface area contributed by atoms with Crippen molar-refractivity contribution in [3.63, 3.8) is 0 Å². The minimum absolute atomic E-state index is 0.161. The number of hydrogen-bond donors (Lipinski definition) is 0. The molecule has 0 aromatic rings. The molecule has 0 fully saturated rings. The zero-order valence-electron chi connectivity index (χ0n) is 2.88. The summed E-state index contributed by atoms with van der Waals surface area (Å²) in [5, 5.41) is 1.09. The summed E-state index contributed by atoms with van der Waals surface area (Å²) in [5.74, 6) is 0. The van der Waals surface area contributed by atoms with Crippen LogP contribution in [0.3, 0.4) is 0 Å². The second-order valence-corrected chi connectivity index (χ2v) is 3.74. The van der Waals surface area contributed by atoms with E-state index in [2.05, 4.69) is 15.9 Å². The van der Waals surface area contributed by atoms with Gasteiger partial charge < -0.3 is 0 Å². The summed E-state index contributed by atoms with van der Waals surface area (Å²) >= 11 is 8.67. The van der Waals surface area contributed by atoms with Gasteiger partial charge in [-0.3, -0.25) is 0 Å². The minimum atomic E-state index is -0.161. The molecule has 0 saturated heterocycles. The van der Waals surface area contributed by atoms with E-state index in [0.717, 1.165) is 5.33 Å². The third-order valence-corrected chi connectivity index (χ3v) is 3.29. The van der Waals surface area contributed by atoms with E-state index < -0.39 is 0 Å². The van der Waals surface area contributed by atoms with E-state index in [1.54, 1.807) is 0 Å². The zero-order valence-corrected chi connectivity index (χ0v) is 6.63. The predicted octanol–water partition coefficient (Wildman–Crippen LogP) is 1.12. The lowest BCUT2D eigenvalue weighted by atomic mass is 11.0. The maximum Gasteiger partial charge on any atom is 0.126 e. The van der Waals surface area contributed by atoms with Crippen LogP contribution in [0.1, 0.15) is 0 Å². The van der Waals surface area contributed by atoms with Crippen LogP contribution in [0.4, 0.5) is 0 Å². The smallest absolute Gasteiger partial charge is 0.126 e. The van der Waals surface area contributed by atoms with E-state index >= 15 is 0 Å². The van der Waals surface area contributed by atoms with Crippen LogP contribution in [0.25, 0.3) is 0 Å². The molecule has 0 unspecified atom stereocenters. The van der Waals surface area contributed by atoms with Gasteiger partial charge in [0.2, 0.25) is 0 Å². The van der Waals surface area contributed by atoms with Gasteiger partial charge in [0.05, 0.1) is 0 Å². The Kier molecular flexibility index (Phi) is 5.97. The maximum atomic E-state index is 5.41. The van der Waals surface area contributed by atoms with E-state index in [1.165, 1.54) is 6.04 Å². The van der Waals surface area contributed by atoms with Gasteiger partial charge in [0.1, 0.15) is 8.83 Å². The van der Waals surface area contributed by atoms with Gasteiger partial charge in [-0.15, -0.1) is 0 Å². The number of alkyl halides is 1. The van der Waals surface area contributed by atoms with Gasteiger partial charge >= 0.3 is 0 Å². The van der Waals surface area contributed by atoms with E-state index in [1.807, 2.05) is 0 Å². The molecule has 0 atom stereocenters. The van der Waals surface area contributed by atoms with Crippen molar-refractivity contribution in [2.24, 2.45) is 0 Å². The molecule has 0 aromatic carbocycles. The summed E-state index contributed by atoms with van der Waals surface area (Å²) in [4.78, 5) is 0. The molecule has 0 radical (unpaired) electrons. The van der Waals surface area contributed by atoms with Crippen molar-refractivity contribution in [3.8, 4) is 0 Å². The van der Waals surface area contributed by atoms with Crippen LogP contribution in [0.15, 0.2) is 0 Å². The highest BCUT2D eigenvalue weighted by Crippen LogP contribution is 1.86. The molecule has 3 heteroatoms. The molecule has 0 heterocycles. The quantitative estimate of drug-likeness (QED) is 0.334. The number of halogens is 2. The van der Waals surface area contributed by atoms with Gasteiger partial charge in [-0.25, -0.2) is 0 Å². The molecule has 0 aromatic heterocycles. The monoisotopic (exact) mass is 172 g/mol. The third-order valence-electron chi connectivity index (χ3n) is 0.267. The molecule has 0 aliphatic heterocycles. The Labute approximate surface area is 47.6 Å². The van der Waals surface area contributed by atoms with Crippen molar-refractivity contribution in [2.45, 2.75) is 6.04 Å². The first-order valence-corrected chi connectivity index (χ1v) is 5.79. The van der Waals surface area contributed by atoms with Gasteiger partial charge in [0.15, 0.2) is 0 Å². The van der Waals surface area contributed by atoms with E-state index in [-0.39, 0.29) is 8.83 Å². The molecule has 0 aliphatic carbocycles.